The van der Waals surface area contributed by atoms with Crippen LogP contribution in [0.15, 0.2) is 36.4 Å². The second-order valence-electron chi connectivity index (χ2n) is 7.98. The molecule has 4 heterocycles. The largest absolute Gasteiger partial charge is 0.377 e. The quantitative estimate of drug-likeness (QED) is 0.507. The summed E-state index contributed by atoms with van der Waals surface area (Å²) in [6.45, 7) is 3.15. The van der Waals surface area contributed by atoms with Gasteiger partial charge in [-0.25, -0.2) is 14.4 Å². The van der Waals surface area contributed by atoms with Crippen molar-refractivity contribution in [2.75, 3.05) is 13.2 Å². The fourth-order valence-electron chi connectivity index (χ4n) is 4.12. The SMILES string of the molecule is Cc1nc2ccc(C3CC3)nc2n2c(-c3cc(C4=CCOCC4)ccc3F)nnc12. The van der Waals surface area contributed by atoms with E-state index >= 15 is 0 Å². The first-order valence-corrected chi connectivity index (χ1v) is 10.3. The highest BCUT2D eigenvalue weighted by Gasteiger charge is 2.26. The topological polar surface area (TPSA) is 65.2 Å². The van der Waals surface area contributed by atoms with E-state index in [1.807, 2.05) is 35.6 Å². The highest BCUT2D eigenvalue weighted by atomic mass is 19.1. The van der Waals surface area contributed by atoms with Crippen molar-refractivity contribution >= 4 is 22.4 Å². The Morgan fingerprint density at radius 1 is 1.07 bits per heavy atom. The van der Waals surface area contributed by atoms with Crippen LogP contribution in [-0.2, 0) is 4.74 Å². The molecule has 7 heteroatoms. The Hall–Kier alpha value is -3.19. The van der Waals surface area contributed by atoms with Crippen LogP contribution in [0.1, 0.15) is 42.1 Å². The molecule has 1 aliphatic carbocycles. The van der Waals surface area contributed by atoms with Gasteiger partial charge in [-0.1, -0.05) is 12.1 Å². The molecule has 1 aromatic carbocycles. The van der Waals surface area contributed by atoms with Crippen molar-refractivity contribution in [2.45, 2.75) is 32.1 Å². The second-order valence-corrected chi connectivity index (χ2v) is 7.98. The molecule has 0 N–H and O–H groups in total. The summed E-state index contributed by atoms with van der Waals surface area (Å²) in [5, 5.41) is 8.69. The van der Waals surface area contributed by atoms with E-state index in [1.54, 1.807) is 0 Å². The predicted molar refractivity (Wildman–Crippen MR) is 112 cm³/mol. The number of halogens is 1. The molecule has 1 fully saturated rings. The zero-order valence-electron chi connectivity index (χ0n) is 16.6. The first kappa shape index (κ1) is 17.7. The van der Waals surface area contributed by atoms with E-state index in [2.05, 4.69) is 21.3 Å². The van der Waals surface area contributed by atoms with Crippen LogP contribution >= 0.6 is 0 Å². The third-order valence-corrected chi connectivity index (χ3v) is 5.90. The number of benzene rings is 1. The van der Waals surface area contributed by atoms with Crippen molar-refractivity contribution < 1.29 is 9.13 Å². The highest BCUT2D eigenvalue weighted by molar-refractivity contribution is 5.79. The number of aromatic nitrogens is 5. The molecule has 0 amide bonds. The molecule has 0 unspecified atom stereocenters. The third-order valence-electron chi connectivity index (χ3n) is 5.90. The lowest BCUT2D eigenvalue weighted by Gasteiger charge is -2.15. The van der Waals surface area contributed by atoms with Crippen LogP contribution in [0.2, 0.25) is 0 Å². The number of aryl methyl sites for hydroxylation is 1. The summed E-state index contributed by atoms with van der Waals surface area (Å²) in [4.78, 5) is 9.52. The number of pyridine rings is 1. The van der Waals surface area contributed by atoms with Gasteiger partial charge in [-0.05, 0) is 61.6 Å². The van der Waals surface area contributed by atoms with Gasteiger partial charge in [0, 0.05) is 11.6 Å². The molecule has 0 spiro atoms. The van der Waals surface area contributed by atoms with Gasteiger partial charge in [0.2, 0.25) is 0 Å². The highest BCUT2D eigenvalue weighted by Crippen LogP contribution is 2.39. The van der Waals surface area contributed by atoms with E-state index in [-0.39, 0.29) is 5.82 Å². The Morgan fingerprint density at radius 2 is 1.97 bits per heavy atom. The molecule has 6 nitrogen and oxygen atoms in total. The van der Waals surface area contributed by atoms with Crippen LogP contribution in [-0.4, -0.2) is 37.8 Å². The maximum atomic E-state index is 15.0. The monoisotopic (exact) mass is 401 g/mol. The minimum absolute atomic E-state index is 0.332. The van der Waals surface area contributed by atoms with E-state index in [0.717, 1.165) is 47.3 Å². The van der Waals surface area contributed by atoms with Gasteiger partial charge in [0.1, 0.15) is 11.3 Å². The maximum Gasteiger partial charge on any atom is 0.184 e. The summed E-state index contributed by atoms with van der Waals surface area (Å²) >= 11 is 0. The van der Waals surface area contributed by atoms with Gasteiger partial charge < -0.3 is 4.74 Å². The second kappa shape index (κ2) is 6.67. The normalized spacial score (nSPS) is 16.9. The molecule has 1 saturated carbocycles. The molecule has 0 bridgehead atoms. The summed E-state index contributed by atoms with van der Waals surface area (Å²) < 4.78 is 22.2. The van der Waals surface area contributed by atoms with E-state index in [0.29, 0.717) is 41.8 Å². The Balaban J connectivity index is 1.60. The smallest absolute Gasteiger partial charge is 0.184 e. The van der Waals surface area contributed by atoms with Crippen LogP contribution in [0.4, 0.5) is 4.39 Å². The van der Waals surface area contributed by atoms with Crippen LogP contribution in [0.3, 0.4) is 0 Å². The number of hydrogen-bond acceptors (Lipinski definition) is 5. The number of fused-ring (bicyclic) bond motifs is 3. The fraction of sp³-hybridized carbons (Fsp3) is 0.304. The van der Waals surface area contributed by atoms with Crippen molar-refractivity contribution in [3.8, 4) is 11.4 Å². The van der Waals surface area contributed by atoms with Gasteiger partial charge in [-0.2, -0.15) is 0 Å². The average molecular weight is 401 g/mol. The Kier molecular flexibility index (Phi) is 3.92. The molecule has 0 atom stereocenters. The van der Waals surface area contributed by atoms with Crippen molar-refractivity contribution in [1.82, 2.24) is 24.6 Å². The standard InChI is InChI=1S/C23H20FN5O/c1-13-21-27-28-22(17-12-16(4-5-18(17)24)14-8-10-30-11-9-14)29(21)23-20(25-13)7-6-19(26-23)15-2-3-15/h4-8,12,15H,2-3,9-11H2,1H3. The minimum atomic E-state index is -0.332. The maximum absolute atomic E-state index is 15.0. The Bertz CT molecular complexity index is 1340. The molecule has 1 aliphatic heterocycles. The van der Waals surface area contributed by atoms with Gasteiger partial charge in [-0.15, -0.1) is 10.2 Å². The van der Waals surface area contributed by atoms with E-state index in [1.165, 1.54) is 6.07 Å². The molecule has 150 valence electrons. The van der Waals surface area contributed by atoms with Crippen LogP contribution < -0.4 is 0 Å². The lowest BCUT2D eigenvalue weighted by atomic mass is 9.99. The van der Waals surface area contributed by atoms with Gasteiger partial charge >= 0.3 is 0 Å². The lowest BCUT2D eigenvalue weighted by Crippen LogP contribution is -2.05. The van der Waals surface area contributed by atoms with Crippen molar-refractivity contribution in [2.24, 2.45) is 0 Å². The summed E-state index contributed by atoms with van der Waals surface area (Å²) in [5.74, 6) is 0.626. The summed E-state index contributed by atoms with van der Waals surface area (Å²) in [6.07, 6.45) is 5.18. The number of hydrogen-bond donors (Lipinski definition) is 0. The van der Waals surface area contributed by atoms with Gasteiger partial charge in [-0.3, -0.25) is 4.40 Å². The average Bonchev–Trinajstić information content (AvgIpc) is 3.53. The van der Waals surface area contributed by atoms with Crippen LogP contribution in [0, 0.1) is 12.7 Å². The molecule has 0 radical (unpaired) electrons. The van der Waals surface area contributed by atoms with Crippen molar-refractivity contribution in [3.63, 3.8) is 0 Å². The van der Waals surface area contributed by atoms with E-state index in [4.69, 9.17) is 9.72 Å². The molecule has 30 heavy (non-hydrogen) atoms. The summed E-state index contributed by atoms with van der Waals surface area (Å²) in [7, 11) is 0. The zero-order valence-corrected chi connectivity index (χ0v) is 16.6. The predicted octanol–water partition coefficient (Wildman–Crippen LogP) is 4.47. The van der Waals surface area contributed by atoms with E-state index in [9.17, 15) is 4.39 Å². The van der Waals surface area contributed by atoms with Gasteiger partial charge in [0.15, 0.2) is 17.1 Å². The van der Waals surface area contributed by atoms with E-state index < -0.39 is 0 Å². The zero-order chi connectivity index (χ0) is 20.2. The molecule has 2 aliphatic rings. The number of ether oxygens (including phenoxy) is 1. The van der Waals surface area contributed by atoms with Crippen molar-refractivity contribution in [3.05, 3.63) is 59.2 Å². The molecular formula is C23H20FN5O. The third kappa shape index (κ3) is 2.81. The number of rotatable bonds is 3. The van der Waals surface area contributed by atoms with Crippen LogP contribution in [0.5, 0.6) is 0 Å². The minimum Gasteiger partial charge on any atom is -0.377 e. The molecule has 6 rings (SSSR count). The molecule has 3 aromatic heterocycles. The van der Waals surface area contributed by atoms with Crippen molar-refractivity contribution in [1.29, 1.82) is 0 Å². The fourth-order valence-corrected chi connectivity index (χ4v) is 4.12. The van der Waals surface area contributed by atoms with Crippen LogP contribution in [0.25, 0.3) is 33.8 Å². The number of nitrogens with zero attached hydrogens (tertiary/aromatic N) is 5. The summed E-state index contributed by atoms with van der Waals surface area (Å²) in [5.41, 5.74) is 6.39. The molecular weight excluding hydrogens is 381 g/mol. The Labute approximate surface area is 172 Å². The Morgan fingerprint density at radius 3 is 2.77 bits per heavy atom. The first-order valence-electron chi connectivity index (χ1n) is 10.3. The summed E-state index contributed by atoms with van der Waals surface area (Å²) in [6, 6.07) is 9.21. The first-order chi connectivity index (χ1) is 14.7. The molecule has 4 aromatic rings. The lowest BCUT2D eigenvalue weighted by molar-refractivity contribution is 0.161. The van der Waals surface area contributed by atoms with Gasteiger partial charge in [0.05, 0.1) is 24.5 Å². The van der Waals surface area contributed by atoms with Gasteiger partial charge in [0.25, 0.3) is 0 Å². The molecule has 0 saturated heterocycles.